The Bertz CT molecular complexity index is 1030. The maximum absolute atomic E-state index is 12.3. The van der Waals surface area contributed by atoms with Crippen LogP contribution in [0.3, 0.4) is 0 Å². The maximum Gasteiger partial charge on any atom is 0.273 e. The molecule has 1 amide bonds. The second kappa shape index (κ2) is 11.5. The van der Waals surface area contributed by atoms with Crippen molar-refractivity contribution in [3.05, 3.63) is 58.7 Å². The van der Waals surface area contributed by atoms with Gasteiger partial charge in [0.05, 0.1) is 17.0 Å². The zero-order chi connectivity index (χ0) is 22.8. The lowest BCUT2D eigenvalue weighted by Gasteiger charge is -2.09. The molecule has 0 radical (unpaired) electrons. The van der Waals surface area contributed by atoms with Gasteiger partial charge in [0.25, 0.3) is 5.91 Å². The Labute approximate surface area is 182 Å². The highest BCUT2D eigenvalue weighted by atomic mass is 16.3. The lowest BCUT2D eigenvalue weighted by Crippen LogP contribution is -2.36. The van der Waals surface area contributed by atoms with Crippen LogP contribution in [0.4, 0.5) is 5.69 Å². The average Bonchev–Trinajstić information content (AvgIpc) is 2.72. The van der Waals surface area contributed by atoms with E-state index in [-0.39, 0.29) is 29.5 Å². The molecule has 0 aliphatic rings. The number of amides is 1. The molecule has 2 aromatic carbocycles. The number of phenols is 1. The lowest BCUT2D eigenvalue weighted by molar-refractivity contribution is -0.114. The van der Waals surface area contributed by atoms with Gasteiger partial charge in [-0.3, -0.25) is 10.2 Å². The fourth-order valence-electron chi connectivity index (χ4n) is 2.82. The van der Waals surface area contributed by atoms with Crippen LogP contribution in [-0.2, 0) is 4.79 Å². The Morgan fingerprint density at radius 1 is 1.10 bits per heavy atom. The number of hydrazone groups is 1. The Kier molecular flexibility index (Phi) is 8.79. The van der Waals surface area contributed by atoms with E-state index in [1.807, 2.05) is 32.0 Å². The molecule has 2 aromatic rings. The van der Waals surface area contributed by atoms with Crippen LogP contribution in [0, 0.1) is 31.1 Å². The van der Waals surface area contributed by atoms with E-state index in [2.05, 4.69) is 27.7 Å². The van der Waals surface area contributed by atoms with E-state index in [1.165, 1.54) is 6.92 Å². The Morgan fingerprint density at radius 2 is 1.77 bits per heavy atom. The quantitative estimate of drug-likeness (QED) is 0.148. The first-order valence-corrected chi connectivity index (χ1v) is 10.0. The maximum atomic E-state index is 12.3. The number of rotatable bonds is 8. The minimum Gasteiger partial charge on any atom is -0.504 e. The highest BCUT2D eigenvalue weighted by Gasteiger charge is 2.14. The van der Waals surface area contributed by atoms with Gasteiger partial charge in [-0.25, -0.2) is 0 Å². The summed E-state index contributed by atoms with van der Waals surface area (Å²) in [6.07, 6.45) is 1.21. The lowest BCUT2D eigenvalue weighted by atomic mass is 10.0. The first kappa shape index (κ1) is 23.6. The normalized spacial score (nSPS) is 10.8. The molecule has 0 fully saturated rings. The van der Waals surface area contributed by atoms with E-state index in [0.29, 0.717) is 24.9 Å². The number of aliphatic hydroxyl groups excluding tert-OH is 1. The van der Waals surface area contributed by atoms with Gasteiger partial charge in [0, 0.05) is 18.7 Å². The predicted octanol–water partition coefficient (Wildman–Crippen LogP) is 3.11. The van der Waals surface area contributed by atoms with Crippen molar-refractivity contribution >= 4 is 23.0 Å². The van der Waals surface area contributed by atoms with Crippen LogP contribution in [0.5, 0.6) is 5.75 Å². The summed E-state index contributed by atoms with van der Waals surface area (Å²) in [5, 5.41) is 33.9. The summed E-state index contributed by atoms with van der Waals surface area (Å²) in [6.45, 7) is 5.86. The summed E-state index contributed by atoms with van der Waals surface area (Å²) < 4.78 is 0. The van der Waals surface area contributed by atoms with E-state index in [1.54, 1.807) is 18.2 Å². The molecule has 0 aromatic heterocycles. The second-order valence-electron chi connectivity index (χ2n) is 7.10. The number of para-hydroxylation sites is 1. The molecule has 2 rings (SSSR count). The van der Waals surface area contributed by atoms with Crippen molar-refractivity contribution in [3.8, 4) is 17.6 Å². The van der Waals surface area contributed by atoms with Gasteiger partial charge in [-0.1, -0.05) is 36.1 Å². The van der Waals surface area contributed by atoms with Gasteiger partial charge in [-0.2, -0.15) is 5.10 Å². The SMILES string of the molecule is CC(=N)/C(=N/Nc1cccc(C#Cc2c(C)cccc2C)c1O)C(=O)NCCCCO. The van der Waals surface area contributed by atoms with Crippen molar-refractivity contribution in [2.75, 3.05) is 18.6 Å². The molecule has 162 valence electrons. The van der Waals surface area contributed by atoms with Crippen LogP contribution in [0.25, 0.3) is 0 Å². The number of anilines is 1. The van der Waals surface area contributed by atoms with Crippen LogP contribution in [0.15, 0.2) is 41.5 Å². The fraction of sp³-hybridized carbons (Fsp3) is 0.292. The number of phenolic OH excluding ortho intramolecular Hbond substituents is 1. The molecule has 0 aliphatic heterocycles. The number of benzene rings is 2. The van der Waals surface area contributed by atoms with Gasteiger partial charge in [0.2, 0.25) is 0 Å². The first-order valence-electron chi connectivity index (χ1n) is 10.0. The summed E-state index contributed by atoms with van der Waals surface area (Å²) >= 11 is 0. The molecule has 0 saturated heterocycles. The van der Waals surface area contributed by atoms with Crippen molar-refractivity contribution in [1.82, 2.24) is 5.32 Å². The Hall–Kier alpha value is -3.63. The molecule has 5 N–H and O–H groups in total. The van der Waals surface area contributed by atoms with E-state index in [0.717, 1.165) is 16.7 Å². The Morgan fingerprint density at radius 3 is 2.42 bits per heavy atom. The first-order chi connectivity index (χ1) is 14.8. The molecule has 0 heterocycles. The van der Waals surface area contributed by atoms with Crippen LogP contribution < -0.4 is 10.7 Å². The zero-order valence-corrected chi connectivity index (χ0v) is 18.0. The third kappa shape index (κ3) is 6.69. The molecular formula is C24H28N4O3. The number of carbonyl (C=O) groups is 1. The molecule has 0 bridgehead atoms. The van der Waals surface area contributed by atoms with Gasteiger partial charge in [-0.05, 0) is 56.9 Å². The number of aromatic hydroxyl groups is 1. The van der Waals surface area contributed by atoms with Crippen LogP contribution in [0.1, 0.15) is 42.0 Å². The third-order valence-corrected chi connectivity index (χ3v) is 4.57. The molecule has 0 saturated carbocycles. The summed E-state index contributed by atoms with van der Waals surface area (Å²) in [5.74, 6) is 5.52. The van der Waals surface area contributed by atoms with Gasteiger partial charge >= 0.3 is 0 Å². The smallest absolute Gasteiger partial charge is 0.273 e. The third-order valence-electron chi connectivity index (χ3n) is 4.57. The highest BCUT2D eigenvalue weighted by Crippen LogP contribution is 2.27. The van der Waals surface area contributed by atoms with E-state index < -0.39 is 5.91 Å². The van der Waals surface area contributed by atoms with Crippen molar-refractivity contribution < 1.29 is 15.0 Å². The van der Waals surface area contributed by atoms with Gasteiger partial charge in [0.15, 0.2) is 11.5 Å². The minimum atomic E-state index is -0.497. The van der Waals surface area contributed by atoms with Crippen molar-refractivity contribution in [2.24, 2.45) is 5.10 Å². The van der Waals surface area contributed by atoms with Crippen molar-refractivity contribution in [2.45, 2.75) is 33.6 Å². The number of carbonyl (C=O) groups excluding carboxylic acids is 1. The summed E-state index contributed by atoms with van der Waals surface area (Å²) in [5.41, 5.74) is 6.29. The monoisotopic (exact) mass is 420 g/mol. The molecule has 0 spiro atoms. The summed E-state index contributed by atoms with van der Waals surface area (Å²) in [7, 11) is 0. The number of hydrogen-bond donors (Lipinski definition) is 5. The second-order valence-corrected chi connectivity index (χ2v) is 7.10. The number of aryl methyl sites for hydroxylation is 2. The fourth-order valence-corrected chi connectivity index (χ4v) is 2.82. The van der Waals surface area contributed by atoms with E-state index >= 15 is 0 Å². The Balaban J connectivity index is 2.22. The molecule has 7 nitrogen and oxygen atoms in total. The van der Waals surface area contributed by atoms with Crippen molar-refractivity contribution in [3.63, 3.8) is 0 Å². The highest BCUT2D eigenvalue weighted by molar-refractivity contribution is 6.66. The van der Waals surface area contributed by atoms with E-state index in [9.17, 15) is 9.90 Å². The topological polar surface area (TPSA) is 118 Å². The van der Waals surface area contributed by atoms with Crippen LogP contribution in [0.2, 0.25) is 0 Å². The number of nitrogens with zero attached hydrogens (tertiary/aromatic N) is 1. The molecule has 31 heavy (non-hydrogen) atoms. The molecule has 0 unspecified atom stereocenters. The zero-order valence-electron chi connectivity index (χ0n) is 18.0. The number of nitrogens with one attached hydrogen (secondary N) is 3. The summed E-state index contributed by atoms with van der Waals surface area (Å²) in [4.78, 5) is 12.3. The number of hydrogen-bond acceptors (Lipinski definition) is 6. The summed E-state index contributed by atoms with van der Waals surface area (Å²) in [6, 6.07) is 11.0. The van der Waals surface area contributed by atoms with Gasteiger partial charge in [-0.15, -0.1) is 0 Å². The molecule has 0 aliphatic carbocycles. The molecule has 0 atom stereocenters. The van der Waals surface area contributed by atoms with Crippen LogP contribution in [-0.4, -0.2) is 40.7 Å². The predicted molar refractivity (Wildman–Crippen MR) is 124 cm³/mol. The largest absolute Gasteiger partial charge is 0.504 e. The number of unbranched alkanes of at least 4 members (excludes halogenated alkanes) is 1. The van der Waals surface area contributed by atoms with Crippen LogP contribution >= 0.6 is 0 Å². The average molecular weight is 421 g/mol. The van der Waals surface area contributed by atoms with E-state index in [4.69, 9.17) is 10.5 Å². The van der Waals surface area contributed by atoms with Crippen molar-refractivity contribution in [1.29, 1.82) is 5.41 Å². The molecular weight excluding hydrogens is 392 g/mol. The minimum absolute atomic E-state index is 0.0161. The number of aliphatic hydroxyl groups is 1. The van der Waals surface area contributed by atoms with Gasteiger partial charge < -0.3 is 20.9 Å². The molecule has 7 heteroatoms. The van der Waals surface area contributed by atoms with Gasteiger partial charge in [0.1, 0.15) is 0 Å². The standard InChI is InChI=1S/C24H28N4O3/c1-16-8-6-9-17(2)20(16)13-12-19-10-7-11-21(23(19)30)27-28-22(18(3)25)24(31)26-14-4-5-15-29/h6-11,25,27,29-30H,4-5,14-15H2,1-3H3,(H,26,31)/b25-18?,28-22-.